The number of carbonyl (C=O) groups excluding carboxylic acids is 3. The Labute approximate surface area is 329 Å². The van der Waals surface area contributed by atoms with E-state index in [1.54, 1.807) is 0 Å². The largest absolute Gasteiger partial charge is 1.00 e. The van der Waals surface area contributed by atoms with Crippen molar-refractivity contribution in [3.8, 4) is 0 Å². The fourth-order valence-electron chi connectivity index (χ4n) is 1.26. The number of carboxylic acid groups (broad SMARTS) is 6. The third-order valence-electron chi connectivity index (χ3n) is 3.06. The molecule has 0 aromatic heterocycles. The van der Waals surface area contributed by atoms with Crippen LogP contribution in [0.1, 0.15) is 63.6 Å². The summed E-state index contributed by atoms with van der Waals surface area (Å²) in [6, 6.07) is -2.94. The molecule has 0 spiro atoms. The molecular formula is C21H45N6Na3O15. The topological polar surface area (TPSA) is 431 Å². The molecule has 0 saturated carbocycles. The van der Waals surface area contributed by atoms with Gasteiger partial charge in [-0.1, -0.05) is 0 Å². The summed E-state index contributed by atoms with van der Waals surface area (Å²) in [7, 11) is 0. The monoisotopic (exact) mass is 690 g/mol. The molecule has 3 atom stereocenters. The number of carbonyl (C=O) groups is 9. The van der Waals surface area contributed by atoms with E-state index in [-0.39, 0.29) is 131 Å². The number of hydrogen-bond donors (Lipinski definition) is 12. The molecule has 24 heteroatoms. The van der Waals surface area contributed by atoms with Gasteiger partial charge in [0.1, 0.15) is 18.1 Å². The second-order valence-corrected chi connectivity index (χ2v) is 7.41. The number of rotatable bonds is 12. The molecule has 0 rings (SSSR count). The van der Waals surface area contributed by atoms with E-state index in [1.807, 2.05) is 0 Å². The van der Waals surface area contributed by atoms with Crippen molar-refractivity contribution in [1.82, 2.24) is 0 Å². The van der Waals surface area contributed by atoms with Gasteiger partial charge in [0.2, 0.25) is 17.7 Å². The van der Waals surface area contributed by atoms with E-state index in [2.05, 4.69) is 0 Å². The zero-order valence-corrected chi connectivity index (χ0v) is 32.3. The van der Waals surface area contributed by atoms with Crippen LogP contribution >= 0.6 is 0 Å². The third-order valence-corrected chi connectivity index (χ3v) is 3.06. The van der Waals surface area contributed by atoms with Crippen LogP contribution in [0.5, 0.6) is 0 Å². The minimum absolute atomic E-state index is 0. The van der Waals surface area contributed by atoms with Crippen LogP contribution in [0.3, 0.4) is 0 Å². The first-order chi connectivity index (χ1) is 18.8. The maximum Gasteiger partial charge on any atom is 1.00 e. The van der Waals surface area contributed by atoms with E-state index in [4.69, 9.17) is 79.4 Å². The van der Waals surface area contributed by atoms with Crippen molar-refractivity contribution in [1.29, 1.82) is 0 Å². The van der Waals surface area contributed by atoms with E-state index >= 15 is 0 Å². The van der Waals surface area contributed by atoms with Crippen molar-refractivity contribution in [3.05, 3.63) is 0 Å². The standard InChI is InChI=1S/3C5H10N2O3.3C2H4O2.3Na.3H/c3*6-3(5(9)10)1-2-4(7)8;3*1-2(3)4;;;;;;/h3*3H,1-2,6H2,(H2,7,8)(H,9,10);3*1H3,(H,3,4);;;;;;/q;;;;;;3*+1;3*-1/t3*3-;;;;;;;;;/m000........./s1. The predicted octanol–water partition coefficient (Wildman–Crippen LogP) is -12.4. The first-order valence-corrected chi connectivity index (χ1v) is 11.2. The van der Waals surface area contributed by atoms with Gasteiger partial charge in [-0.05, 0) is 19.3 Å². The van der Waals surface area contributed by atoms with Crippen LogP contribution in [0.4, 0.5) is 0 Å². The molecule has 3 amide bonds. The van der Waals surface area contributed by atoms with E-state index in [0.29, 0.717) is 0 Å². The molecule has 0 saturated heterocycles. The van der Waals surface area contributed by atoms with Gasteiger partial charge in [-0.25, -0.2) is 0 Å². The molecule has 0 aliphatic heterocycles. The van der Waals surface area contributed by atoms with Crippen LogP contribution in [0, 0.1) is 0 Å². The SMILES string of the molecule is CC(=O)O.CC(=O)O.CC(=O)O.NC(=O)CC[C@H](N)C(=O)O.NC(=O)CC[C@H](N)C(=O)O.NC(=O)CC[C@H](N)C(=O)O.[H-].[H-].[H-].[Na+].[Na+].[Na+]. The predicted molar refractivity (Wildman–Crippen MR) is 145 cm³/mol. The van der Waals surface area contributed by atoms with Crippen LogP contribution in [0.25, 0.3) is 0 Å². The molecule has 21 nitrogen and oxygen atoms in total. The van der Waals surface area contributed by atoms with Gasteiger partial charge in [0, 0.05) is 40.0 Å². The van der Waals surface area contributed by atoms with Crippen molar-refractivity contribution in [2.75, 3.05) is 0 Å². The molecule has 0 radical (unpaired) electrons. The molecule has 45 heavy (non-hydrogen) atoms. The average Bonchev–Trinajstić information content (AvgIpc) is 2.78. The normalized spacial score (nSPS) is 10.0. The zero-order chi connectivity index (χ0) is 35.2. The number of amides is 3. The molecule has 0 bridgehead atoms. The van der Waals surface area contributed by atoms with Crippen molar-refractivity contribution < 1.29 is 167 Å². The van der Waals surface area contributed by atoms with Crippen LogP contribution in [0.15, 0.2) is 0 Å². The average molecular weight is 691 g/mol. The summed E-state index contributed by atoms with van der Waals surface area (Å²) in [4.78, 5) is 87.4. The molecule has 0 unspecified atom stereocenters. The van der Waals surface area contributed by atoms with Crippen LogP contribution in [0.2, 0.25) is 0 Å². The Morgan fingerprint density at radius 3 is 0.622 bits per heavy atom. The molecule has 0 aromatic rings. The third kappa shape index (κ3) is 107. The summed E-state index contributed by atoms with van der Waals surface area (Å²) in [5.74, 6) is -7.42. The van der Waals surface area contributed by atoms with E-state index in [9.17, 15) is 28.8 Å². The molecule has 0 aliphatic rings. The van der Waals surface area contributed by atoms with Gasteiger partial charge >= 0.3 is 107 Å². The molecule has 0 aliphatic carbocycles. The van der Waals surface area contributed by atoms with Crippen molar-refractivity contribution in [2.24, 2.45) is 34.4 Å². The Hall–Kier alpha value is -1.89. The Morgan fingerprint density at radius 1 is 0.444 bits per heavy atom. The second-order valence-electron chi connectivity index (χ2n) is 7.41. The Kier molecular flexibility index (Phi) is 64.6. The molecule has 18 N–H and O–H groups in total. The molecular weight excluding hydrogens is 645 g/mol. The first kappa shape index (κ1) is 65.7. The van der Waals surface area contributed by atoms with Crippen molar-refractivity contribution in [2.45, 2.75) is 77.4 Å². The maximum absolute atomic E-state index is 10.1. The number of carboxylic acids is 6. The van der Waals surface area contributed by atoms with E-state index < -0.39 is 71.7 Å². The smallest absolute Gasteiger partial charge is 1.00 e. The summed E-state index contributed by atoms with van der Waals surface area (Å²) < 4.78 is 0. The minimum Gasteiger partial charge on any atom is -1.00 e. The maximum atomic E-state index is 10.1. The number of nitrogens with two attached hydrogens (primary N) is 6. The molecule has 0 aromatic carbocycles. The number of hydrogen-bond acceptors (Lipinski definition) is 12. The first-order valence-electron chi connectivity index (χ1n) is 11.2. The summed E-state index contributed by atoms with van der Waals surface area (Å²) in [5, 5.41) is 46.9. The summed E-state index contributed by atoms with van der Waals surface area (Å²) in [6.45, 7) is 3.25. The summed E-state index contributed by atoms with van der Waals surface area (Å²) >= 11 is 0. The molecule has 252 valence electrons. The molecule has 0 fully saturated rings. The quantitative estimate of drug-likeness (QED) is 0.0845. The summed E-state index contributed by atoms with van der Waals surface area (Å²) in [5.41, 5.74) is 29.4. The van der Waals surface area contributed by atoms with Crippen molar-refractivity contribution in [3.63, 3.8) is 0 Å². The van der Waals surface area contributed by atoms with Gasteiger partial charge in [0.05, 0.1) is 0 Å². The van der Waals surface area contributed by atoms with Gasteiger partial charge in [0.25, 0.3) is 17.9 Å². The van der Waals surface area contributed by atoms with E-state index in [0.717, 1.165) is 20.8 Å². The Bertz CT molecular complexity index is 778. The van der Waals surface area contributed by atoms with Crippen LogP contribution in [-0.4, -0.2) is 102 Å². The van der Waals surface area contributed by atoms with Crippen LogP contribution in [-0.2, 0) is 43.2 Å². The number of primary amides is 3. The zero-order valence-electron chi connectivity index (χ0n) is 29.3. The fraction of sp³-hybridized carbons (Fsp3) is 0.571. The number of aliphatic carboxylic acids is 6. The van der Waals surface area contributed by atoms with Gasteiger partial charge in [-0.3, -0.25) is 43.2 Å². The van der Waals surface area contributed by atoms with Gasteiger partial charge in [-0.15, -0.1) is 0 Å². The second kappa shape index (κ2) is 44.2. The van der Waals surface area contributed by atoms with Gasteiger partial charge in [-0.2, -0.15) is 0 Å². The minimum atomic E-state index is -1.11. The van der Waals surface area contributed by atoms with Crippen LogP contribution < -0.4 is 123 Å². The van der Waals surface area contributed by atoms with E-state index in [1.165, 1.54) is 0 Å². The Balaban J connectivity index is -0.0000000329. The fourth-order valence-corrected chi connectivity index (χ4v) is 1.26. The Morgan fingerprint density at radius 2 is 0.556 bits per heavy atom. The summed E-state index contributed by atoms with van der Waals surface area (Å²) in [6.07, 6.45) is 0.369. The van der Waals surface area contributed by atoms with Gasteiger partial charge in [0.15, 0.2) is 0 Å². The van der Waals surface area contributed by atoms with Gasteiger partial charge < -0.3 is 69.3 Å². The van der Waals surface area contributed by atoms with Crippen molar-refractivity contribution >= 4 is 53.5 Å². The molecule has 0 heterocycles.